The van der Waals surface area contributed by atoms with Gasteiger partial charge in [0.25, 0.3) is 0 Å². The molecule has 2 N–H and O–H groups in total. The van der Waals surface area contributed by atoms with Crippen molar-refractivity contribution in [1.82, 2.24) is 14.5 Å². The molecule has 2 aromatic heterocycles. The van der Waals surface area contributed by atoms with Gasteiger partial charge in [0.15, 0.2) is 0 Å². The fraction of sp³-hybridized carbons (Fsp3) is 0.143. The maximum Gasteiger partial charge on any atom is 0.141 e. The third-order valence-corrected chi connectivity index (χ3v) is 3.07. The minimum atomic E-state index is -0.372. The van der Waals surface area contributed by atoms with Crippen LogP contribution in [0.4, 0.5) is 4.39 Å². The van der Waals surface area contributed by atoms with E-state index in [4.69, 9.17) is 5.73 Å². The number of nitrogens with zero attached hydrogens (tertiary/aromatic N) is 3. The van der Waals surface area contributed by atoms with E-state index in [0.717, 1.165) is 11.0 Å². The topological polar surface area (TPSA) is 56.7 Å². The Bertz CT molecular complexity index is 707. The van der Waals surface area contributed by atoms with Gasteiger partial charge in [-0.25, -0.2) is 9.37 Å². The first-order chi connectivity index (χ1) is 9.24. The van der Waals surface area contributed by atoms with Crippen molar-refractivity contribution >= 4 is 11.0 Å². The molecule has 0 saturated carbocycles. The third-order valence-electron chi connectivity index (χ3n) is 3.07. The third kappa shape index (κ3) is 2.32. The van der Waals surface area contributed by atoms with E-state index in [-0.39, 0.29) is 11.9 Å². The second kappa shape index (κ2) is 4.78. The van der Waals surface area contributed by atoms with Gasteiger partial charge in [-0.2, -0.15) is 0 Å². The van der Waals surface area contributed by atoms with E-state index < -0.39 is 0 Å². The monoisotopic (exact) mass is 256 g/mol. The highest BCUT2D eigenvalue weighted by molar-refractivity contribution is 5.74. The van der Waals surface area contributed by atoms with Gasteiger partial charge in [-0.05, 0) is 23.8 Å². The van der Waals surface area contributed by atoms with Crippen LogP contribution in [-0.2, 0) is 6.54 Å². The normalized spacial score (nSPS) is 12.7. The van der Waals surface area contributed by atoms with E-state index in [9.17, 15) is 4.39 Å². The summed E-state index contributed by atoms with van der Waals surface area (Å²) in [6, 6.07) is 8.92. The van der Waals surface area contributed by atoms with Gasteiger partial charge in [-0.3, -0.25) is 4.98 Å². The lowest BCUT2D eigenvalue weighted by Gasteiger charge is -2.13. The highest BCUT2D eigenvalue weighted by Gasteiger charge is 2.10. The summed E-state index contributed by atoms with van der Waals surface area (Å²) in [7, 11) is 0. The first-order valence-electron chi connectivity index (χ1n) is 6.00. The average molecular weight is 256 g/mol. The van der Waals surface area contributed by atoms with Crippen LogP contribution in [0.25, 0.3) is 11.0 Å². The SMILES string of the molecule is NC(Cn1cnc2ccccc21)c1cncc(F)c1. The summed E-state index contributed by atoms with van der Waals surface area (Å²) in [6.45, 7) is 0.533. The molecule has 96 valence electrons. The number of fused-ring (bicyclic) bond motifs is 1. The van der Waals surface area contributed by atoms with E-state index in [0.29, 0.717) is 12.1 Å². The second-order valence-electron chi connectivity index (χ2n) is 4.43. The van der Waals surface area contributed by atoms with Crippen molar-refractivity contribution in [1.29, 1.82) is 0 Å². The maximum absolute atomic E-state index is 13.1. The Kier molecular flexibility index (Phi) is 2.97. The first-order valence-corrected chi connectivity index (χ1v) is 6.00. The lowest BCUT2D eigenvalue weighted by Crippen LogP contribution is -2.17. The van der Waals surface area contributed by atoms with Crippen LogP contribution in [0.15, 0.2) is 49.1 Å². The standard InChI is InChI=1S/C14H13FN4/c15-11-5-10(6-17-7-11)12(16)8-19-9-18-13-3-1-2-4-14(13)19/h1-7,9,12H,8,16H2. The number of hydrogen-bond acceptors (Lipinski definition) is 3. The van der Waals surface area contributed by atoms with Gasteiger partial charge in [-0.15, -0.1) is 0 Å². The van der Waals surface area contributed by atoms with Crippen LogP contribution < -0.4 is 5.73 Å². The van der Waals surface area contributed by atoms with Crippen LogP contribution in [0.5, 0.6) is 0 Å². The van der Waals surface area contributed by atoms with Crippen molar-refractivity contribution in [3.8, 4) is 0 Å². The van der Waals surface area contributed by atoms with Crippen LogP contribution in [-0.4, -0.2) is 14.5 Å². The van der Waals surface area contributed by atoms with Crippen molar-refractivity contribution in [2.45, 2.75) is 12.6 Å². The second-order valence-corrected chi connectivity index (χ2v) is 4.43. The number of hydrogen-bond donors (Lipinski definition) is 1. The Morgan fingerprint density at radius 2 is 2.11 bits per heavy atom. The van der Waals surface area contributed by atoms with Gasteiger partial charge in [0.05, 0.1) is 23.6 Å². The Morgan fingerprint density at radius 1 is 1.26 bits per heavy atom. The van der Waals surface area contributed by atoms with Crippen molar-refractivity contribution < 1.29 is 4.39 Å². The predicted octanol–water partition coefficient (Wildman–Crippen LogP) is 2.27. The maximum atomic E-state index is 13.1. The molecule has 1 aromatic carbocycles. The molecule has 0 amide bonds. The Labute approximate surface area is 109 Å². The highest BCUT2D eigenvalue weighted by Crippen LogP contribution is 2.17. The highest BCUT2D eigenvalue weighted by atomic mass is 19.1. The summed E-state index contributed by atoms with van der Waals surface area (Å²) in [5, 5.41) is 0. The minimum absolute atomic E-state index is 0.319. The molecular formula is C14H13FN4. The molecule has 3 aromatic rings. The van der Waals surface area contributed by atoms with E-state index in [1.165, 1.54) is 12.3 Å². The lowest BCUT2D eigenvalue weighted by molar-refractivity contribution is 0.572. The molecule has 0 aliphatic heterocycles. The van der Waals surface area contributed by atoms with Crippen molar-refractivity contribution in [3.63, 3.8) is 0 Å². The Morgan fingerprint density at radius 3 is 2.95 bits per heavy atom. The summed E-state index contributed by atoms with van der Waals surface area (Å²) in [4.78, 5) is 8.12. The first kappa shape index (κ1) is 11.8. The molecule has 0 aliphatic rings. The van der Waals surface area contributed by atoms with Gasteiger partial charge >= 0.3 is 0 Å². The zero-order valence-electron chi connectivity index (χ0n) is 10.2. The van der Waals surface area contributed by atoms with E-state index in [1.54, 1.807) is 12.5 Å². The van der Waals surface area contributed by atoms with Crippen molar-refractivity contribution in [2.75, 3.05) is 0 Å². The van der Waals surface area contributed by atoms with Crippen molar-refractivity contribution in [3.05, 3.63) is 60.4 Å². The number of halogens is 1. The number of benzene rings is 1. The van der Waals surface area contributed by atoms with E-state index in [2.05, 4.69) is 9.97 Å². The van der Waals surface area contributed by atoms with Crippen LogP contribution in [0.1, 0.15) is 11.6 Å². The van der Waals surface area contributed by atoms with Gasteiger partial charge in [0.1, 0.15) is 5.82 Å². The number of para-hydroxylation sites is 2. The molecule has 0 fully saturated rings. The molecule has 0 saturated heterocycles. The molecule has 0 radical (unpaired) electrons. The Balaban J connectivity index is 1.89. The molecule has 3 rings (SSSR count). The molecule has 1 atom stereocenters. The van der Waals surface area contributed by atoms with Crippen molar-refractivity contribution in [2.24, 2.45) is 5.73 Å². The lowest BCUT2D eigenvalue weighted by atomic mass is 10.1. The molecular weight excluding hydrogens is 243 g/mol. The van der Waals surface area contributed by atoms with Gasteiger partial charge in [0, 0.05) is 18.8 Å². The fourth-order valence-corrected chi connectivity index (χ4v) is 2.10. The van der Waals surface area contributed by atoms with Crippen LogP contribution in [0.2, 0.25) is 0 Å². The summed E-state index contributed by atoms with van der Waals surface area (Å²) in [5.41, 5.74) is 8.71. The quantitative estimate of drug-likeness (QED) is 0.782. The molecule has 0 bridgehead atoms. The number of aromatic nitrogens is 3. The zero-order valence-corrected chi connectivity index (χ0v) is 10.2. The number of nitrogens with two attached hydrogens (primary N) is 1. The summed E-state index contributed by atoms with van der Waals surface area (Å²) >= 11 is 0. The molecule has 19 heavy (non-hydrogen) atoms. The minimum Gasteiger partial charge on any atom is -0.329 e. The van der Waals surface area contributed by atoms with Crippen LogP contribution in [0, 0.1) is 5.82 Å². The van der Waals surface area contributed by atoms with Gasteiger partial charge < -0.3 is 10.3 Å². The van der Waals surface area contributed by atoms with Gasteiger partial charge in [-0.1, -0.05) is 12.1 Å². The molecule has 4 nitrogen and oxygen atoms in total. The average Bonchev–Trinajstić information content (AvgIpc) is 2.82. The number of imidazole rings is 1. The molecule has 2 heterocycles. The summed E-state index contributed by atoms with van der Waals surface area (Å²) in [6.07, 6.45) is 4.51. The van der Waals surface area contributed by atoms with E-state index >= 15 is 0 Å². The van der Waals surface area contributed by atoms with E-state index in [1.807, 2.05) is 28.8 Å². The predicted molar refractivity (Wildman–Crippen MR) is 70.9 cm³/mol. The molecule has 5 heteroatoms. The smallest absolute Gasteiger partial charge is 0.141 e. The van der Waals surface area contributed by atoms with Crippen LogP contribution >= 0.6 is 0 Å². The number of pyridine rings is 1. The number of rotatable bonds is 3. The largest absolute Gasteiger partial charge is 0.329 e. The molecule has 1 unspecified atom stereocenters. The van der Waals surface area contributed by atoms with Gasteiger partial charge in [0.2, 0.25) is 0 Å². The Hall–Kier alpha value is -2.27. The van der Waals surface area contributed by atoms with Crippen LogP contribution in [0.3, 0.4) is 0 Å². The molecule has 0 aliphatic carbocycles. The molecule has 0 spiro atoms. The summed E-state index contributed by atoms with van der Waals surface area (Å²) < 4.78 is 15.1. The summed E-state index contributed by atoms with van der Waals surface area (Å²) in [5.74, 6) is -0.372. The fourth-order valence-electron chi connectivity index (χ4n) is 2.10. The zero-order chi connectivity index (χ0) is 13.2.